The topological polar surface area (TPSA) is 87.8 Å². The summed E-state index contributed by atoms with van der Waals surface area (Å²) < 4.78 is 54.9. The maximum absolute atomic E-state index is 13.3. The molecular formula is C20H23F4N5O2S. The largest absolute Gasteiger partial charge is 0.390 e. The summed E-state index contributed by atoms with van der Waals surface area (Å²) in [6, 6.07) is 5.25. The van der Waals surface area contributed by atoms with Crippen LogP contribution < -0.4 is 17.0 Å². The summed E-state index contributed by atoms with van der Waals surface area (Å²) in [4.78, 5) is 30.4. The van der Waals surface area contributed by atoms with Crippen molar-refractivity contribution >= 4 is 22.9 Å². The summed E-state index contributed by atoms with van der Waals surface area (Å²) in [5, 5.41) is 0.173. The van der Waals surface area contributed by atoms with Crippen molar-refractivity contribution in [2.24, 2.45) is 12.8 Å². The van der Waals surface area contributed by atoms with Crippen LogP contribution in [0, 0.1) is 5.82 Å². The van der Waals surface area contributed by atoms with E-state index in [1.807, 2.05) is 0 Å². The molecule has 0 saturated carbocycles. The summed E-state index contributed by atoms with van der Waals surface area (Å²) in [5.74, 6) is -0.473. The van der Waals surface area contributed by atoms with Crippen LogP contribution in [0.15, 0.2) is 39.0 Å². The molecule has 0 atom stereocenters. The number of benzene rings is 1. The number of imidazole rings is 1. The Morgan fingerprint density at radius 2 is 1.72 bits per heavy atom. The van der Waals surface area contributed by atoms with Gasteiger partial charge in [0.15, 0.2) is 16.3 Å². The quantitative estimate of drug-likeness (QED) is 0.421. The minimum absolute atomic E-state index is 0.00662. The monoisotopic (exact) mass is 473 g/mol. The summed E-state index contributed by atoms with van der Waals surface area (Å²) >= 11 is 1.14. The van der Waals surface area contributed by atoms with E-state index in [-0.39, 0.29) is 29.4 Å². The van der Waals surface area contributed by atoms with Crippen LogP contribution >= 0.6 is 11.8 Å². The Hall–Kier alpha value is -2.60. The molecule has 1 aromatic carbocycles. The Bertz CT molecular complexity index is 1240. The van der Waals surface area contributed by atoms with Gasteiger partial charge in [-0.05, 0) is 31.5 Å². The minimum atomic E-state index is -4.45. The van der Waals surface area contributed by atoms with Crippen LogP contribution in [0.2, 0.25) is 0 Å². The van der Waals surface area contributed by atoms with E-state index >= 15 is 0 Å². The first-order chi connectivity index (χ1) is 14.8. The molecule has 0 aliphatic carbocycles. The van der Waals surface area contributed by atoms with Gasteiger partial charge in [0.1, 0.15) is 5.82 Å². The standard InChI is InChI=1S/C20H23F4N5O2S/c1-19(2,11-25)32-17-26-15-14(28(17)9-8-20(22,23)24)16(30)29(18(31)27(15)3)10-12-4-6-13(21)7-5-12/h4-7H,8-11,25H2,1-3H3. The van der Waals surface area contributed by atoms with E-state index in [1.165, 1.54) is 35.9 Å². The molecule has 0 aliphatic rings. The second kappa shape index (κ2) is 8.74. The van der Waals surface area contributed by atoms with Gasteiger partial charge >= 0.3 is 11.9 Å². The normalized spacial score (nSPS) is 12.6. The van der Waals surface area contributed by atoms with E-state index < -0.39 is 41.0 Å². The Labute approximate surface area is 184 Å². The third-order valence-electron chi connectivity index (χ3n) is 4.93. The molecule has 3 rings (SSSR count). The van der Waals surface area contributed by atoms with Crippen molar-refractivity contribution in [1.29, 1.82) is 0 Å². The smallest absolute Gasteiger partial charge is 0.329 e. The van der Waals surface area contributed by atoms with E-state index in [1.54, 1.807) is 13.8 Å². The van der Waals surface area contributed by atoms with Crippen molar-refractivity contribution in [3.8, 4) is 0 Å². The number of nitrogens with zero attached hydrogens (tertiary/aromatic N) is 4. The first-order valence-corrected chi connectivity index (χ1v) is 10.5. The Morgan fingerprint density at radius 3 is 2.28 bits per heavy atom. The Morgan fingerprint density at radius 1 is 1.09 bits per heavy atom. The Balaban J connectivity index is 2.22. The average molecular weight is 473 g/mol. The number of nitrogens with two attached hydrogens (primary N) is 1. The molecule has 3 aromatic rings. The summed E-state index contributed by atoms with van der Waals surface area (Å²) in [6.45, 7) is 3.12. The van der Waals surface area contributed by atoms with E-state index in [0.29, 0.717) is 5.56 Å². The van der Waals surface area contributed by atoms with Gasteiger partial charge in [-0.3, -0.25) is 13.9 Å². The van der Waals surface area contributed by atoms with E-state index in [0.717, 1.165) is 20.9 Å². The number of alkyl halides is 3. The zero-order chi connectivity index (χ0) is 23.8. The highest BCUT2D eigenvalue weighted by molar-refractivity contribution is 8.00. The molecule has 0 spiro atoms. The lowest BCUT2D eigenvalue weighted by atomic mass is 10.2. The van der Waals surface area contributed by atoms with Crippen molar-refractivity contribution in [1.82, 2.24) is 18.7 Å². The van der Waals surface area contributed by atoms with Gasteiger partial charge in [-0.1, -0.05) is 23.9 Å². The predicted molar refractivity (Wildman–Crippen MR) is 114 cm³/mol. The highest BCUT2D eigenvalue weighted by atomic mass is 32.2. The molecule has 0 amide bonds. The maximum atomic E-state index is 13.3. The van der Waals surface area contributed by atoms with Crippen LogP contribution in [0.3, 0.4) is 0 Å². The van der Waals surface area contributed by atoms with Crippen LogP contribution in [0.25, 0.3) is 11.2 Å². The molecule has 0 aliphatic heterocycles. The molecule has 174 valence electrons. The number of hydrogen-bond acceptors (Lipinski definition) is 5. The van der Waals surface area contributed by atoms with E-state index in [9.17, 15) is 27.2 Å². The van der Waals surface area contributed by atoms with Gasteiger partial charge < -0.3 is 10.3 Å². The molecule has 0 unspecified atom stereocenters. The number of aryl methyl sites for hydroxylation is 2. The van der Waals surface area contributed by atoms with Gasteiger partial charge in [-0.2, -0.15) is 13.2 Å². The average Bonchev–Trinajstić information content (AvgIpc) is 3.06. The lowest BCUT2D eigenvalue weighted by Gasteiger charge is -2.21. The molecule has 12 heteroatoms. The number of rotatable bonds is 7. The van der Waals surface area contributed by atoms with Crippen molar-refractivity contribution < 1.29 is 17.6 Å². The minimum Gasteiger partial charge on any atom is -0.329 e. The third-order valence-corrected chi connectivity index (χ3v) is 6.14. The Kier molecular flexibility index (Phi) is 6.57. The van der Waals surface area contributed by atoms with Gasteiger partial charge in [-0.25, -0.2) is 14.2 Å². The van der Waals surface area contributed by atoms with Crippen LogP contribution in [-0.2, 0) is 20.1 Å². The van der Waals surface area contributed by atoms with Gasteiger partial charge in [0.25, 0.3) is 5.56 Å². The van der Waals surface area contributed by atoms with Crippen LogP contribution in [0.4, 0.5) is 17.6 Å². The molecule has 0 radical (unpaired) electrons. The van der Waals surface area contributed by atoms with Gasteiger partial charge in [0.2, 0.25) is 0 Å². The number of aromatic nitrogens is 4. The van der Waals surface area contributed by atoms with E-state index in [4.69, 9.17) is 5.73 Å². The molecule has 2 N–H and O–H groups in total. The second-order valence-corrected chi connectivity index (χ2v) is 9.68. The molecular weight excluding hydrogens is 450 g/mol. The fourth-order valence-corrected chi connectivity index (χ4v) is 4.08. The number of hydrogen-bond donors (Lipinski definition) is 1. The summed E-state index contributed by atoms with van der Waals surface area (Å²) in [5.41, 5.74) is 4.70. The van der Waals surface area contributed by atoms with Crippen LogP contribution in [-0.4, -0.2) is 36.2 Å². The second-order valence-electron chi connectivity index (χ2n) is 8.01. The SMILES string of the molecule is Cn1c(=O)n(Cc2ccc(F)cc2)c(=O)c2c1nc(SC(C)(C)CN)n2CCC(F)(F)F. The fourth-order valence-electron chi connectivity index (χ4n) is 3.08. The number of halogens is 4. The molecule has 2 aromatic heterocycles. The number of fused-ring (bicyclic) bond motifs is 1. The van der Waals surface area contributed by atoms with Crippen molar-refractivity contribution in [2.75, 3.05) is 6.54 Å². The van der Waals surface area contributed by atoms with Gasteiger partial charge in [0.05, 0.1) is 13.0 Å². The predicted octanol–water partition coefficient (Wildman–Crippen LogP) is 2.87. The third kappa shape index (κ3) is 5.07. The van der Waals surface area contributed by atoms with Crippen molar-refractivity contribution in [2.45, 2.75) is 49.4 Å². The summed E-state index contributed by atoms with van der Waals surface area (Å²) in [6.07, 6.45) is -5.62. The zero-order valence-corrected chi connectivity index (χ0v) is 18.6. The number of thioether (sulfide) groups is 1. The highest BCUT2D eigenvalue weighted by Crippen LogP contribution is 2.33. The first-order valence-electron chi connectivity index (χ1n) is 9.73. The molecule has 32 heavy (non-hydrogen) atoms. The van der Waals surface area contributed by atoms with Crippen molar-refractivity contribution in [3.05, 3.63) is 56.5 Å². The van der Waals surface area contributed by atoms with Gasteiger partial charge in [0, 0.05) is 24.9 Å². The molecule has 0 fully saturated rings. The molecule has 0 saturated heterocycles. The van der Waals surface area contributed by atoms with Crippen molar-refractivity contribution in [3.63, 3.8) is 0 Å². The zero-order valence-electron chi connectivity index (χ0n) is 17.7. The lowest BCUT2D eigenvalue weighted by molar-refractivity contribution is -0.136. The van der Waals surface area contributed by atoms with Crippen LogP contribution in [0.1, 0.15) is 25.8 Å². The fraction of sp³-hybridized carbons (Fsp3) is 0.450. The molecule has 2 heterocycles. The van der Waals surface area contributed by atoms with Gasteiger partial charge in [-0.15, -0.1) is 0 Å². The van der Waals surface area contributed by atoms with Crippen LogP contribution in [0.5, 0.6) is 0 Å². The lowest BCUT2D eigenvalue weighted by Crippen LogP contribution is -2.40. The summed E-state index contributed by atoms with van der Waals surface area (Å²) in [7, 11) is 1.40. The maximum Gasteiger partial charge on any atom is 0.390 e. The highest BCUT2D eigenvalue weighted by Gasteiger charge is 2.30. The first kappa shape index (κ1) is 24.1. The van der Waals surface area contributed by atoms with E-state index in [2.05, 4.69) is 4.98 Å². The molecule has 0 bridgehead atoms. The molecule has 7 nitrogen and oxygen atoms in total.